The number of halogens is 4. The number of alkyl halides is 3. The van der Waals surface area contributed by atoms with Gasteiger partial charge in [0.1, 0.15) is 7.05 Å². The third kappa shape index (κ3) is 2.00. The minimum absolute atomic E-state index is 0.607. The molecule has 0 amide bonds. The van der Waals surface area contributed by atoms with Gasteiger partial charge >= 0.3 is 6.18 Å². The molecule has 2 aromatic rings. The van der Waals surface area contributed by atoms with Gasteiger partial charge in [-0.1, -0.05) is 0 Å². The summed E-state index contributed by atoms with van der Waals surface area (Å²) < 4.78 is 40.3. The van der Waals surface area contributed by atoms with Crippen molar-refractivity contribution in [2.45, 2.75) is 6.18 Å². The molecular weight excluding hydrogens is 330 g/mol. The monoisotopic (exact) mass is 338 g/mol. The summed E-state index contributed by atoms with van der Waals surface area (Å²) in [6.45, 7) is 0. The van der Waals surface area contributed by atoms with Gasteiger partial charge in [0.15, 0.2) is 6.20 Å². The summed E-state index contributed by atoms with van der Waals surface area (Å²) in [6.07, 6.45) is -2.53. The zero-order chi connectivity index (χ0) is 11.9. The summed E-state index contributed by atoms with van der Waals surface area (Å²) >= 11 is 2.12. The normalized spacial score (nSPS) is 12.1. The van der Waals surface area contributed by atoms with Crippen LogP contribution in [0.15, 0.2) is 30.5 Å². The zero-order valence-electron chi connectivity index (χ0n) is 8.35. The van der Waals surface area contributed by atoms with Crippen LogP contribution in [0.25, 0.3) is 10.8 Å². The maximum Gasteiger partial charge on any atom is 0.416 e. The average Bonchev–Trinajstić information content (AvgIpc) is 2.22. The van der Waals surface area contributed by atoms with E-state index in [1.165, 1.54) is 12.1 Å². The van der Waals surface area contributed by atoms with Gasteiger partial charge in [-0.3, -0.25) is 0 Å². The highest BCUT2D eigenvalue weighted by Gasteiger charge is 2.30. The van der Waals surface area contributed by atoms with Crippen molar-refractivity contribution < 1.29 is 17.7 Å². The summed E-state index contributed by atoms with van der Waals surface area (Å²) in [4.78, 5) is 0. The quantitative estimate of drug-likeness (QED) is 0.394. The zero-order valence-corrected chi connectivity index (χ0v) is 10.5. The van der Waals surface area contributed by atoms with Gasteiger partial charge < -0.3 is 0 Å². The molecule has 1 aromatic heterocycles. The van der Waals surface area contributed by atoms with Gasteiger partial charge in [-0.15, -0.1) is 0 Å². The molecule has 0 saturated carbocycles. The van der Waals surface area contributed by atoms with Gasteiger partial charge in [-0.25, -0.2) is 0 Å². The Kier molecular flexibility index (Phi) is 2.81. The Hall–Kier alpha value is -0.850. The number of nitrogens with zero attached hydrogens (tertiary/aromatic N) is 1. The van der Waals surface area contributed by atoms with Gasteiger partial charge in [0, 0.05) is 28.7 Å². The van der Waals surface area contributed by atoms with E-state index in [9.17, 15) is 13.2 Å². The van der Waals surface area contributed by atoms with E-state index in [1.807, 2.05) is 11.6 Å². The van der Waals surface area contributed by atoms with Crippen molar-refractivity contribution in [3.63, 3.8) is 0 Å². The van der Waals surface area contributed by atoms with Crippen LogP contribution in [0, 0.1) is 3.70 Å². The molecule has 0 fully saturated rings. The first kappa shape index (κ1) is 11.6. The van der Waals surface area contributed by atoms with E-state index in [1.54, 1.807) is 12.3 Å². The second-order valence-corrected chi connectivity index (χ2v) is 4.54. The molecule has 0 radical (unpaired) electrons. The molecule has 84 valence electrons. The molecule has 0 bridgehead atoms. The molecule has 0 aliphatic rings. The lowest BCUT2D eigenvalue weighted by molar-refractivity contribution is -0.682. The minimum Gasteiger partial charge on any atom is -0.196 e. The van der Waals surface area contributed by atoms with E-state index in [0.717, 1.165) is 15.2 Å². The van der Waals surface area contributed by atoms with E-state index in [0.29, 0.717) is 5.39 Å². The molecular formula is C11H8F3IN+. The van der Waals surface area contributed by atoms with Crippen LogP contribution in [0.4, 0.5) is 13.2 Å². The molecule has 1 nitrogen and oxygen atoms in total. The van der Waals surface area contributed by atoms with Crippen molar-refractivity contribution >= 4 is 33.4 Å². The molecule has 0 aliphatic carbocycles. The number of aryl methyl sites for hydroxylation is 1. The highest BCUT2D eigenvalue weighted by Crippen LogP contribution is 2.31. The highest BCUT2D eigenvalue weighted by molar-refractivity contribution is 14.1. The lowest BCUT2D eigenvalue weighted by Crippen LogP contribution is -2.31. The molecule has 0 unspecified atom stereocenters. The first-order valence-corrected chi connectivity index (χ1v) is 5.62. The Morgan fingerprint density at radius 3 is 2.50 bits per heavy atom. The number of rotatable bonds is 0. The summed E-state index contributed by atoms with van der Waals surface area (Å²) in [6, 6.07) is 5.49. The molecule has 0 saturated heterocycles. The summed E-state index contributed by atoms with van der Waals surface area (Å²) in [5.41, 5.74) is -0.607. The predicted molar refractivity (Wildman–Crippen MR) is 62.8 cm³/mol. The first-order chi connectivity index (χ1) is 7.39. The SMILES string of the molecule is C[n+]1ccc2cc(C(F)(F)F)ccc2c1I. The standard InChI is InChI=1S/C11H8F3IN/c1-16-5-4-7-6-8(11(12,13)14)2-3-9(7)10(16)15/h2-6H,1H3/q+1. The molecule has 2 rings (SSSR count). The van der Waals surface area contributed by atoms with E-state index >= 15 is 0 Å². The smallest absolute Gasteiger partial charge is 0.196 e. The highest BCUT2D eigenvalue weighted by atomic mass is 127. The fourth-order valence-electron chi connectivity index (χ4n) is 1.51. The van der Waals surface area contributed by atoms with Crippen LogP contribution in [-0.2, 0) is 13.2 Å². The third-order valence-electron chi connectivity index (χ3n) is 2.39. The largest absolute Gasteiger partial charge is 0.416 e. The molecule has 5 heteroatoms. The summed E-state index contributed by atoms with van der Waals surface area (Å²) in [5.74, 6) is 0. The maximum absolute atomic E-state index is 12.5. The lowest BCUT2D eigenvalue weighted by atomic mass is 10.1. The van der Waals surface area contributed by atoms with Crippen molar-refractivity contribution in [3.05, 3.63) is 39.7 Å². The van der Waals surface area contributed by atoms with Crippen LogP contribution in [-0.4, -0.2) is 0 Å². The van der Waals surface area contributed by atoms with Crippen molar-refractivity contribution in [2.75, 3.05) is 0 Å². The molecule has 0 N–H and O–H groups in total. The van der Waals surface area contributed by atoms with Crippen molar-refractivity contribution in [2.24, 2.45) is 7.05 Å². The average molecular weight is 338 g/mol. The van der Waals surface area contributed by atoms with Crippen LogP contribution in [0.2, 0.25) is 0 Å². The second-order valence-electron chi connectivity index (χ2n) is 3.52. The van der Waals surface area contributed by atoms with Crippen LogP contribution < -0.4 is 4.57 Å². The topological polar surface area (TPSA) is 3.88 Å². The van der Waals surface area contributed by atoms with E-state index in [-0.39, 0.29) is 0 Å². The maximum atomic E-state index is 12.5. The van der Waals surface area contributed by atoms with Crippen LogP contribution in [0.3, 0.4) is 0 Å². The number of fused-ring (bicyclic) bond motifs is 1. The Morgan fingerprint density at radius 1 is 1.19 bits per heavy atom. The van der Waals surface area contributed by atoms with Gasteiger partial charge in [0.2, 0.25) is 3.70 Å². The van der Waals surface area contributed by atoms with Crippen molar-refractivity contribution in [1.82, 2.24) is 0 Å². The second kappa shape index (κ2) is 3.87. The number of pyridine rings is 1. The molecule has 1 heterocycles. The van der Waals surface area contributed by atoms with E-state index in [4.69, 9.17) is 0 Å². The lowest BCUT2D eigenvalue weighted by Gasteiger charge is -2.07. The number of aromatic nitrogens is 1. The van der Waals surface area contributed by atoms with Crippen LogP contribution >= 0.6 is 22.6 Å². The molecule has 1 aromatic carbocycles. The molecule has 16 heavy (non-hydrogen) atoms. The number of benzene rings is 1. The minimum atomic E-state index is -4.28. The first-order valence-electron chi connectivity index (χ1n) is 4.54. The predicted octanol–water partition coefficient (Wildman–Crippen LogP) is 3.29. The Bertz CT molecular complexity index is 549. The Balaban J connectivity index is 2.70. The van der Waals surface area contributed by atoms with Crippen molar-refractivity contribution in [3.8, 4) is 0 Å². The third-order valence-corrected chi connectivity index (χ3v) is 3.73. The molecule has 0 aliphatic heterocycles. The van der Waals surface area contributed by atoms with E-state index < -0.39 is 11.7 Å². The summed E-state index contributed by atoms with van der Waals surface area (Å²) in [5, 5.41) is 1.44. The summed E-state index contributed by atoms with van der Waals surface area (Å²) in [7, 11) is 1.86. The van der Waals surface area contributed by atoms with Gasteiger partial charge in [-0.05, 0) is 23.6 Å². The van der Waals surface area contributed by atoms with Crippen LogP contribution in [0.5, 0.6) is 0 Å². The fraction of sp³-hybridized carbons (Fsp3) is 0.182. The molecule has 0 spiro atoms. The number of hydrogen-bond acceptors (Lipinski definition) is 0. The Morgan fingerprint density at radius 2 is 1.88 bits per heavy atom. The fourth-order valence-corrected chi connectivity index (χ4v) is 2.16. The van der Waals surface area contributed by atoms with E-state index in [2.05, 4.69) is 22.6 Å². The van der Waals surface area contributed by atoms with Gasteiger partial charge in [-0.2, -0.15) is 17.7 Å². The van der Waals surface area contributed by atoms with Gasteiger partial charge in [0.25, 0.3) is 0 Å². The van der Waals surface area contributed by atoms with Crippen molar-refractivity contribution in [1.29, 1.82) is 0 Å². The number of hydrogen-bond donors (Lipinski definition) is 0. The van der Waals surface area contributed by atoms with Crippen LogP contribution in [0.1, 0.15) is 5.56 Å². The Labute approximate surface area is 104 Å². The van der Waals surface area contributed by atoms with Gasteiger partial charge in [0.05, 0.1) is 10.9 Å². The molecule has 0 atom stereocenters.